The van der Waals surface area contributed by atoms with Gasteiger partial charge in [-0.05, 0) is 127 Å². The summed E-state index contributed by atoms with van der Waals surface area (Å²) in [6.45, 7) is 0. The number of furan rings is 1. The molecule has 0 N–H and O–H groups in total. The largest absolute Gasteiger partial charge is 0.455 e. The molecule has 3 heteroatoms. The van der Waals surface area contributed by atoms with Gasteiger partial charge in [0.25, 0.3) is 0 Å². The maximum Gasteiger partial charge on any atom is 0.143 e. The van der Waals surface area contributed by atoms with Crippen LogP contribution >= 0.6 is 0 Å². The molecule has 0 saturated heterocycles. The van der Waals surface area contributed by atoms with Crippen LogP contribution < -0.4 is 4.90 Å². The molecule has 2 heterocycles. The Hall–Kier alpha value is -9.96. The number of benzene rings is 13. The molecule has 0 aliphatic heterocycles. The molecule has 0 spiro atoms. The van der Waals surface area contributed by atoms with Gasteiger partial charge in [0.2, 0.25) is 0 Å². The molecule has 350 valence electrons. The van der Waals surface area contributed by atoms with Crippen molar-refractivity contribution in [2.24, 2.45) is 0 Å². The zero-order chi connectivity index (χ0) is 49.4. The number of nitrogens with zero attached hydrogens (tertiary/aromatic N) is 2. The van der Waals surface area contributed by atoms with Gasteiger partial charge < -0.3 is 13.9 Å². The molecule has 0 saturated carbocycles. The van der Waals surface area contributed by atoms with Crippen LogP contribution in [0.25, 0.3) is 126 Å². The first-order chi connectivity index (χ1) is 37.2. The summed E-state index contributed by atoms with van der Waals surface area (Å²) in [4.78, 5) is 2.36. The first-order valence-corrected chi connectivity index (χ1v) is 25.7. The van der Waals surface area contributed by atoms with Crippen molar-refractivity contribution in [2.75, 3.05) is 4.90 Å². The lowest BCUT2D eigenvalue weighted by atomic mass is 9.96. The van der Waals surface area contributed by atoms with Crippen LogP contribution in [-0.2, 0) is 0 Å². The van der Waals surface area contributed by atoms with E-state index < -0.39 is 0 Å². The minimum absolute atomic E-state index is 0.903. The van der Waals surface area contributed by atoms with E-state index in [1.807, 2.05) is 0 Å². The Morgan fingerprint density at radius 1 is 0.253 bits per heavy atom. The summed E-state index contributed by atoms with van der Waals surface area (Å²) in [6, 6.07) is 101. The van der Waals surface area contributed by atoms with Crippen molar-refractivity contribution in [1.82, 2.24) is 4.57 Å². The maximum atomic E-state index is 6.78. The van der Waals surface area contributed by atoms with Crippen molar-refractivity contribution in [3.63, 3.8) is 0 Å². The predicted molar refractivity (Wildman–Crippen MR) is 317 cm³/mol. The van der Waals surface area contributed by atoms with Crippen molar-refractivity contribution in [3.8, 4) is 50.2 Å². The molecule has 75 heavy (non-hydrogen) atoms. The van der Waals surface area contributed by atoms with E-state index in [0.717, 1.165) is 72.3 Å². The third kappa shape index (κ3) is 7.12. The van der Waals surface area contributed by atoms with E-state index in [4.69, 9.17) is 4.42 Å². The quantitative estimate of drug-likeness (QED) is 0.142. The van der Waals surface area contributed by atoms with E-state index in [2.05, 4.69) is 289 Å². The molecule has 0 radical (unpaired) electrons. The third-order valence-electron chi connectivity index (χ3n) is 15.4. The van der Waals surface area contributed by atoms with Crippen LogP contribution in [0.1, 0.15) is 0 Å². The third-order valence-corrected chi connectivity index (χ3v) is 15.4. The molecule has 0 aliphatic carbocycles. The molecular weight excluding hydrogens is 909 g/mol. The van der Waals surface area contributed by atoms with Crippen molar-refractivity contribution < 1.29 is 4.42 Å². The number of hydrogen-bond acceptors (Lipinski definition) is 2. The molecule has 15 aromatic rings. The van der Waals surface area contributed by atoms with Gasteiger partial charge >= 0.3 is 0 Å². The highest BCUT2D eigenvalue weighted by Crippen LogP contribution is 2.43. The minimum atomic E-state index is 0.903. The Morgan fingerprint density at radius 3 is 1.32 bits per heavy atom. The number of aromatic nitrogens is 1. The average Bonchev–Trinajstić information content (AvgIpc) is 4.07. The number of fused-ring (bicyclic) bond motifs is 11. The maximum absolute atomic E-state index is 6.78. The first kappa shape index (κ1) is 42.7. The van der Waals surface area contributed by atoms with Crippen LogP contribution in [0.5, 0.6) is 0 Å². The number of anilines is 3. The summed E-state index contributed by atoms with van der Waals surface area (Å²) in [6.07, 6.45) is 0. The minimum Gasteiger partial charge on any atom is -0.455 e. The summed E-state index contributed by atoms with van der Waals surface area (Å²) in [5, 5.41) is 12.1. The molecule has 3 nitrogen and oxygen atoms in total. The molecule has 0 amide bonds. The van der Waals surface area contributed by atoms with E-state index in [1.54, 1.807) is 0 Å². The second-order valence-corrected chi connectivity index (χ2v) is 19.6. The summed E-state index contributed by atoms with van der Waals surface area (Å²) in [7, 11) is 0. The summed E-state index contributed by atoms with van der Waals surface area (Å²) >= 11 is 0. The van der Waals surface area contributed by atoms with Gasteiger partial charge in [-0.2, -0.15) is 0 Å². The van der Waals surface area contributed by atoms with Crippen molar-refractivity contribution >= 4 is 93.1 Å². The molecule has 0 unspecified atom stereocenters. The molecule has 0 atom stereocenters. The van der Waals surface area contributed by atoms with Crippen molar-refractivity contribution in [3.05, 3.63) is 279 Å². The van der Waals surface area contributed by atoms with Crippen molar-refractivity contribution in [1.29, 1.82) is 0 Å². The van der Waals surface area contributed by atoms with Gasteiger partial charge in [-0.1, -0.05) is 212 Å². The van der Waals surface area contributed by atoms with E-state index >= 15 is 0 Å². The molecule has 15 rings (SSSR count). The van der Waals surface area contributed by atoms with E-state index in [9.17, 15) is 0 Å². The normalized spacial score (nSPS) is 11.7. The topological polar surface area (TPSA) is 21.3 Å². The van der Waals surface area contributed by atoms with Crippen LogP contribution in [0.15, 0.2) is 283 Å². The molecule has 2 aromatic heterocycles. The smallest absolute Gasteiger partial charge is 0.143 e. The van der Waals surface area contributed by atoms with Gasteiger partial charge in [-0.3, -0.25) is 0 Å². The van der Waals surface area contributed by atoms with Crippen LogP contribution in [0.2, 0.25) is 0 Å². The van der Waals surface area contributed by atoms with Crippen LogP contribution in [0, 0.1) is 0 Å². The highest BCUT2D eigenvalue weighted by Gasteiger charge is 2.19. The summed E-state index contributed by atoms with van der Waals surface area (Å²) < 4.78 is 9.20. The number of rotatable bonds is 8. The van der Waals surface area contributed by atoms with Crippen LogP contribution in [-0.4, -0.2) is 4.57 Å². The van der Waals surface area contributed by atoms with Gasteiger partial charge in [0, 0.05) is 55.1 Å². The highest BCUT2D eigenvalue weighted by molar-refractivity contribution is 6.17. The van der Waals surface area contributed by atoms with E-state index in [0.29, 0.717) is 0 Å². The Morgan fingerprint density at radius 2 is 0.667 bits per heavy atom. The SMILES string of the molecule is c1ccc(-n2c3ccccc3c3ccccc32)c(-c2ccc(N(c3ccc(-c4ccc(-c5ccc6ccc7ccccc7c6c5)cc4)cc3)c3ccc(-c4cccc5c4oc4c6ccccc6ccc54)cc3)cc2)c1. The Balaban J connectivity index is 0.799. The Kier molecular flexibility index (Phi) is 9.89. The second kappa shape index (κ2) is 17.4. The number of hydrogen-bond donors (Lipinski definition) is 0. The summed E-state index contributed by atoms with van der Waals surface area (Å²) in [5.74, 6) is 0. The van der Waals surface area contributed by atoms with Crippen LogP contribution in [0.4, 0.5) is 17.1 Å². The van der Waals surface area contributed by atoms with Crippen molar-refractivity contribution in [2.45, 2.75) is 0 Å². The van der Waals surface area contributed by atoms with Gasteiger partial charge in [-0.25, -0.2) is 0 Å². The fourth-order valence-corrected chi connectivity index (χ4v) is 11.7. The molecular formula is C72H46N2O. The zero-order valence-corrected chi connectivity index (χ0v) is 40.9. The highest BCUT2D eigenvalue weighted by atomic mass is 16.3. The Bertz CT molecular complexity index is 4620. The molecule has 0 aliphatic rings. The van der Waals surface area contributed by atoms with E-state index in [1.165, 1.54) is 71.0 Å². The zero-order valence-electron chi connectivity index (χ0n) is 40.9. The first-order valence-electron chi connectivity index (χ1n) is 25.7. The molecule has 0 fully saturated rings. The van der Waals surface area contributed by atoms with Gasteiger partial charge in [0.15, 0.2) is 0 Å². The fraction of sp³-hybridized carbons (Fsp3) is 0. The van der Waals surface area contributed by atoms with Crippen LogP contribution in [0.3, 0.4) is 0 Å². The predicted octanol–water partition coefficient (Wildman–Crippen LogP) is 20.3. The van der Waals surface area contributed by atoms with Gasteiger partial charge in [0.05, 0.1) is 16.7 Å². The van der Waals surface area contributed by atoms with E-state index in [-0.39, 0.29) is 0 Å². The second-order valence-electron chi connectivity index (χ2n) is 19.6. The standard InChI is InChI=1S/C72H46N2O/c1-3-14-59-50(12-1)28-29-54-30-31-55(46-67(54)59)49-26-24-47(25-27-49)48-32-39-56(40-33-48)73(58-43-36-53(37-44-58)62-19-11-20-65-66-45-38-51-13-2-4-16-61(51)72(66)75-71(62)65)57-41-34-52(35-42-57)60-15-5-8-21-68(60)74-69-22-9-6-17-63(69)64-18-7-10-23-70(64)74/h1-46H. The average molecular weight is 955 g/mol. The summed E-state index contributed by atoms with van der Waals surface area (Å²) in [5.41, 5.74) is 17.8. The lowest BCUT2D eigenvalue weighted by Crippen LogP contribution is -2.09. The lowest BCUT2D eigenvalue weighted by Gasteiger charge is -2.26. The molecule has 0 bridgehead atoms. The van der Waals surface area contributed by atoms with Gasteiger partial charge in [-0.15, -0.1) is 0 Å². The molecule has 13 aromatic carbocycles. The fourth-order valence-electron chi connectivity index (χ4n) is 11.7. The monoisotopic (exact) mass is 954 g/mol. The lowest BCUT2D eigenvalue weighted by molar-refractivity contribution is 0.674. The Labute approximate surface area is 434 Å². The number of para-hydroxylation sites is 4. The van der Waals surface area contributed by atoms with Gasteiger partial charge in [0.1, 0.15) is 11.2 Å².